The number of benzene rings is 1. The Morgan fingerprint density at radius 1 is 1.18 bits per heavy atom. The fourth-order valence-corrected chi connectivity index (χ4v) is 5.98. The van der Waals surface area contributed by atoms with Gasteiger partial charge in [0.05, 0.1) is 6.20 Å². The van der Waals surface area contributed by atoms with Crippen molar-refractivity contribution in [2.24, 2.45) is 5.41 Å². The van der Waals surface area contributed by atoms with Crippen molar-refractivity contribution in [3.05, 3.63) is 47.2 Å². The molecule has 3 N–H and O–H groups in total. The maximum atomic E-state index is 13.1. The molecule has 8 nitrogen and oxygen atoms in total. The zero-order chi connectivity index (χ0) is 23.2. The van der Waals surface area contributed by atoms with E-state index in [-0.39, 0.29) is 35.1 Å². The first-order valence-electron chi connectivity index (χ1n) is 11.7. The van der Waals surface area contributed by atoms with Crippen LogP contribution >= 0.6 is 11.6 Å². The predicted molar refractivity (Wildman–Crippen MR) is 130 cm³/mol. The van der Waals surface area contributed by atoms with Crippen LogP contribution in [0.25, 0.3) is 0 Å². The topological polar surface area (TPSA) is 90.6 Å². The maximum absolute atomic E-state index is 13.1. The second-order valence-electron chi connectivity index (χ2n) is 10.1. The van der Waals surface area contributed by atoms with E-state index >= 15 is 0 Å². The van der Waals surface area contributed by atoms with Gasteiger partial charge >= 0.3 is 6.03 Å². The molecule has 1 aromatic heterocycles. The van der Waals surface area contributed by atoms with Gasteiger partial charge in [-0.05, 0) is 37.7 Å². The van der Waals surface area contributed by atoms with Crippen LogP contribution in [0.5, 0.6) is 0 Å². The minimum absolute atomic E-state index is 0.0386. The number of rotatable bonds is 4. The molecule has 2 amide bonds. The summed E-state index contributed by atoms with van der Waals surface area (Å²) in [7, 11) is 0. The van der Waals surface area contributed by atoms with Gasteiger partial charge in [0.15, 0.2) is 11.0 Å². The van der Waals surface area contributed by atoms with Gasteiger partial charge in [-0.15, -0.1) is 0 Å². The number of hydrogen-bond donors (Lipinski definition) is 2. The lowest BCUT2D eigenvalue weighted by molar-refractivity contribution is -0.0812. The molecule has 2 atom stereocenters. The number of nitrogen functional groups attached to an aromatic ring is 1. The summed E-state index contributed by atoms with van der Waals surface area (Å²) in [6.07, 6.45) is 3.79. The monoisotopic (exact) mass is 469 g/mol. The lowest BCUT2D eigenvalue weighted by Crippen LogP contribution is -2.68. The van der Waals surface area contributed by atoms with Crippen LogP contribution in [-0.2, 0) is 6.54 Å². The summed E-state index contributed by atoms with van der Waals surface area (Å²) in [5.74, 6) is 0.925. The number of nitrogens with one attached hydrogen (secondary N) is 1. The lowest BCUT2D eigenvalue weighted by Gasteiger charge is -2.59. The van der Waals surface area contributed by atoms with Crippen LogP contribution in [0.4, 0.5) is 16.4 Å². The number of aromatic nitrogens is 2. The van der Waals surface area contributed by atoms with Crippen molar-refractivity contribution in [3.8, 4) is 0 Å². The van der Waals surface area contributed by atoms with Gasteiger partial charge in [0.1, 0.15) is 5.82 Å². The molecule has 2 saturated heterocycles. The molecule has 1 aliphatic carbocycles. The number of amides is 2. The lowest BCUT2D eigenvalue weighted by atomic mass is 9.60. The first kappa shape index (κ1) is 22.2. The number of anilines is 2. The summed E-state index contributed by atoms with van der Waals surface area (Å²) >= 11 is 5.91. The molecule has 3 fully saturated rings. The summed E-state index contributed by atoms with van der Waals surface area (Å²) in [4.78, 5) is 28.2. The highest BCUT2D eigenvalue weighted by molar-refractivity contribution is 6.31. The van der Waals surface area contributed by atoms with Gasteiger partial charge in [0.2, 0.25) is 0 Å². The maximum Gasteiger partial charge on any atom is 0.318 e. The van der Waals surface area contributed by atoms with Crippen LogP contribution in [-0.4, -0.2) is 70.1 Å². The highest BCUT2D eigenvalue weighted by atomic mass is 35.5. The average Bonchev–Trinajstić information content (AvgIpc) is 2.73. The number of carbonyl (C=O) groups is 1. The molecular weight excluding hydrogens is 438 g/mol. The summed E-state index contributed by atoms with van der Waals surface area (Å²) in [5, 5.41) is 3.50. The quantitative estimate of drug-likeness (QED) is 0.715. The van der Waals surface area contributed by atoms with Crippen LogP contribution in [0.2, 0.25) is 5.15 Å². The van der Waals surface area contributed by atoms with E-state index in [0.29, 0.717) is 24.3 Å². The number of nitrogens with two attached hydrogens (primary N) is 1. The molecule has 1 spiro atoms. The standard InChI is InChI=1S/C24H32ClN7O/c1-16-11-31(20-10-27-21(25)22(26)29-20)12-17(2)32(16)23(33)28-19-8-24(9-19)14-30(15-24)13-18-6-4-3-5-7-18/h3-7,10,16-17,19H,8-9,11-15H2,1-2H3,(H2,26,29)(H,28,33)/t16-,17+. The summed E-state index contributed by atoms with van der Waals surface area (Å²) in [5.41, 5.74) is 7.59. The molecule has 5 rings (SSSR count). The molecule has 1 saturated carbocycles. The number of nitrogens with zero attached hydrogens (tertiary/aromatic N) is 5. The third-order valence-corrected chi connectivity index (χ3v) is 7.56. The van der Waals surface area contributed by atoms with E-state index in [0.717, 1.165) is 32.5 Å². The van der Waals surface area contributed by atoms with Crippen molar-refractivity contribution in [2.75, 3.05) is 36.8 Å². The summed E-state index contributed by atoms with van der Waals surface area (Å²) in [6.45, 7) is 8.78. The highest BCUT2D eigenvalue weighted by Crippen LogP contribution is 2.48. The van der Waals surface area contributed by atoms with E-state index in [1.165, 1.54) is 5.56 Å². The minimum Gasteiger partial charge on any atom is -0.381 e. The first-order chi connectivity index (χ1) is 15.8. The Hall–Kier alpha value is -2.58. The average molecular weight is 470 g/mol. The molecule has 3 aliphatic rings. The van der Waals surface area contributed by atoms with E-state index in [2.05, 4.69) is 69.3 Å². The molecule has 33 heavy (non-hydrogen) atoms. The Kier molecular flexibility index (Phi) is 5.82. The smallest absolute Gasteiger partial charge is 0.318 e. The predicted octanol–water partition coefficient (Wildman–Crippen LogP) is 2.99. The van der Waals surface area contributed by atoms with E-state index in [1.807, 2.05) is 4.90 Å². The van der Waals surface area contributed by atoms with Crippen LogP contribution in [0, 0.1) is 5.41 Å². The van der Waals surface area contributed by atoms with Crippen LogP contribution in [0.15, 0.2) is 36.5 Å². The van der Waals surface area contributed by atoms with Gasteiger partial charge in [-0.25, -0.2) is 14.8 Å². The van der Waals surface area contributed by atoms with Gasteiger partial charge in [-0.3, -0.25) is 4.90 Å². The van der Waals surface area contributed by atoms with E-state index in [1.54, 1.807) is 6.20 Å². The number of piperazine rings is 1. The first-order valence-corrected chi connectivity index (χ1v) is 12.1. The number of hydrogen-bond acceptors (Lipinski definition) is 6. The van der Waals surface area contributed by atoms with Gasteiger partial charge in [0, 0.05) is 50.8 Å². The van der Waals surface area contributed by atoms with E-state index in [4.69, 9.17) is 17.3 Å². The fraction of sp³-hybridized carbons (Fsp3) is 0.542. The molecule has 0 bridgehead atoms. The van der Waals surface area contributed by atoms with Crippen molar-refractivity contribution in [3.63, 3.8) is 0 Å². The zero-order valence-electron chi connectivity index (χ0n) is 19.2. The van der Waals surface area contributed by atoms with Crippen LogP contribution in [0.3, 0.4) is 0 Å². The zero-order valence-corrected chi connectivity index (χ0v) is 20.0. The number of halogens is 1. The molecule has 0 unspecified atom stereocenters. The second kappa shape index (κ2) is 8.65. The van der Waals surface area contributed by atoms with E-state index < -0.39 is 0 Å². The molecule has 1 aromatic carbocycles. The van der Waals surface area contributed by atoms with Crippen molar-refractivity contribution < 1.29 is 4.79 Å². The Morgan fingerprint density at radius 3 is 2.48 bits per heavy atom. The second-order valence-corrected chi connectivity index (χ2v) is 10.5. The number of likely N-dealkylation sites (tertiary alicyclic amines) is 1. The van der Waals surface area contributed by atoms with Crippen LogP contribution in [0.1, 0.15) is 32.3 Å². The normalized spacial score (nSPS) is 24.9. The Balaban J connectivity index is 1.10. The van der Waals surface area contributed by atoms with Crippen molar-refractivity contribution in [1.82, 2.24) is 25.1 Å². The molecular formula is C24H32ClN7O. The highest BCUT2D eigenvalue weighted by Gasteiger charge is 2.52. The molecule has 176 valence electrons. The van der Waals surface area contributed by atoms with Crippen molar-refractivity contribution in [2.45, 2.75) is 51.4 Å². The Morgan fingerprint density at radius 2 is 1.85 bits per heavy atom. The van der Waals surface area contributed by atoms with Gasteiger partial charge in [-0.1, -0.05) is 41.9 Å². The van der Waals surface area contributed by atoms with Gasteiger partial charge in [-0.2, -0.15) is 0 Å². The largest absolute Gasteiger partial charge is 0.381 e. The third kappa shape index (κ3) is 4.46. The SMILES string of the molecule is C[C@@H]1CN(c2cnc(Cl)c(N)n2)C[C@H](C)N1C(=O)NC1CC2(C1)CN(Cc1ccccc1)C2. The summed E-state index contributed by atoms with van der Waals surface area (Å²) in [6, 6.07) is 11.0. The molecule has 0 radical (unpaired) electrons. The fourth-order valence-electron chi connectivity index (χ4n) is 5.89. The molecule has 3 heterocycles. The molecule has 2 aromatic rings. The minimum atomic E-state index is 0.0386. The van der Waals surface area contributed by atoms with Crippen molar-refractivity contribution in [1.29, 1.82) is 0 Å². The van der Waals surface area contributed by atoms with Gasteiger partial charge < -0.3 is 20.9 Å². The van der Waals surface area contributed by atoms with E-state index in [9.17, 15) is 4.79 Å². The number of carbonyl (C=O) groups excluding carboxylic acids is 1. The summed E-state index contributed by atoms with van der Waals surface area (Å²) < 4.78 is 0. The Bertz CT molecular complexity index is 993. The van der Waals surface area contributed by atoms with Crippen LogP contribution < -0.4 is 16.0 Å². The number of urea groups is 1. The van der Waals surface area contributed by atoms with Gasteiger partial charge in [0.25, 0.3) is 0 Å². The molecule has 9 heteroatoms. The van der Waals surface area contributed by atoms with Crippen molar-refractivity contribution >= 4 is 29.3 Å². The third-order valence-electron chi connectivity index (χ3n) is 7.27. The Labute approximate surface area is 200 Å². The molecule has 2 aliphatic heterocycles.